The third-order valence-electron chi connectivity index (χ3n) is 1.96. The minimum absolute atomic E-state index is 0.00385. The molecule has 0 saturated heterocycles. The molecule has 0 fully saturated rings. The van der Waals surface area contributed by atoms with Crippen LogP contribution in [0.4, 0.5) is 5.69 Å². The molecule has 5 nitrogen and oxygen atoms in total. The van der Waals surface area contributed by atoms with E-state index in [-0.39, 0.29) is 12.2 Å². The number of nitrogens with one attached hydrogen (secondary N) is 1. The number of carboxylic acid groups (broad SMARTS) is 1. The lowest BCUT2D eigenvalue weighted by atomic mass is 10.1. The molecule has 2 N–H and O–H groups in total. The van der Waals surface area contributed by atoms with E-state index in [4.69, 9.17) is 5.11 Å². The van der Waals surface area contributed by atoms with E-state index in [2.05, 4.69) is 4.72 Å². The minimum atomic E-state index is -3.27. The van der Waals surface area contributed by atoms with Gasteiger partial charge in [0.25, 0.3) is 0 Å². The Morgan fingerprint density at radius 2 is 1.88 bits per heavy atom. The van der Waals surface area contributed by atoms with Crippen LogP contribution in [0.5, 0.6) is 0 Å². The van der Waals surface area contributed by atoms with E-state index in [9.17, 15) is 13.2 Å². The van der Waals surface area contributed by atoms with Gasteiger partial charge in [-0.15, -0.1) is 0 Å². The lowest BCUT2D eigenvalue weighted by molar-refractivity contribution is -0.136. The van der Waals surface area contributed by atoms with E-state index in [1.165, 1.54) is 0 Å². The Labute approximate surface area is 94.2 Å². The summed E-state index contributed by atoms with van der Waals surface area (Å²) in [5, 5.41) is 8.55. The molecule has 0 aliphatic rings. The molecule has 0 unspecified atom stereocenters. The first-order valence-electron chi connectivity index (χ1n) is 4.74. The number of aliphatic carboxylic acids is 1. The number of benzene rings is 1. The molecule has 0 radical (unpaired) electrons. The van der Waals surface area contributed by atoms with Crippen LogP contribution in [-0.2, 0) is 21.2 Å². The fraction of sp³-hybridized carbons (Fsp3) is 0.300. The molecule has 0 aliphatic heterocycles. The molecule has 0 aliphatic carbocycles. The summed E-state index contributed by atoms with van der Waals surface area (Å²) in [5.41, 5.74) is 1.07. The van der Waals surface area contributed by atoms with Gasteiger partial charge in [-0.25, -0.2) is 8.42 Å². The maximum absolute atomic E-state index is 11.2. The van der Waals surface area contributed by atoms with Crippen LogP contribution in [-0.4, -0.2) is 25.2 Å². The maximum Gasteiger partial charge on any atom is 0.307 e. The molecule has 0 bridgehead atoms. The monoisotopic (exact) mass is 243 g/mol. The molecule has 0 aromatic heterocycles. The average molecular weight is 243 g/mol. The summed E-state index contributed by atoms with van der Waals surface area (Å²) in [6.45, 7) is 1.54. The minimum Gasteiger partial charge on any atom is -0.481 e. The highest BCUT2D eigenvalue weighted by Crippen LogP contribution is 2.11. The van der Waals surface area contributed by atoms with Crippen LogP contribution in [0.25, 0.3) is 0 Å². The number of rotatable bonds is 5. The van der Waals surface area contributed by atoms with E-state index < -0.39 is 16.0 Å². The zero-order valence-corrected chi connectivity index (χ0v) is 9.62. The van der Waals surface area contributed by atoms with Gasteiger partial charge in [0.1, 0.15) is 0 Å². The van der Waals surface area contributed by atoms with E-state index >= 15 is 0 Å². The van der Waals surface area contributed by atoms with E-state index in [0.29, 0.717) is 11.3 Å². The van der Waals surface area contributed by atoms with Crippen LogP contribution < -0.4 is 4.72 Å². The molecule has 16 heavy (non-hydrogen) atoms. The first-order chi connectivity index (χ1) is 7.43. The summed E-state index contributed by atoms with van der Waals surface area (Å²) >= 11 is 0. The van der Waals surface area contributed by atoms with Gasteiger partial charge in [0.15, 0.2) is 0 Å². The van der Waals surface area contributed by atoms with Crippen molar-refractivity contribution >= 4 is 21.7 Å². The molecule has 6 heteroatoms. The summed E-state index contributed by atoms with van der Waals surface area (Å²) in [6, 6.07) is 6.26. The second-order valence-electron chi connectivity index (χ2n) is 3.27. The number of carboxylic acids is 1. The summed E-state index contributed by atoms with van der Waals surface area (Å²) in [7, 11) is -3.27. The SMILES string of the molecule is CCS(=O)(=O)Nc1ccc(CC(=O)O)cc1. The van der Waals surface area contributed by atoms with Crippen LogP contribution >= 0.6 is 0 Å². The van der Waals surface area contributed by atoms with Crippen LogP contribution in [0.2, 0.25) is 0 Å². The molecule has 0 spiro atoms. The van der Waals surface area contributed by atoms with E-state index in [0.717, 1.165) is 0 Å². The normalized spacial score (nSPS) is 11.1. The van der Waals surface area contributed by atoms with Crippen LogP contribution in [0.3, 0.4) is 0 Å². The molecular weight excluding hydrogens is 230 g/mol. The van der Waals surface area contributed by atoms with Crippen molar-refractivity contribution in [3.05, 3.63) is 29.8 Å². The summed E-state index contributed by atoms with van der Waals surface area (Å²) in [6.07, 6.45) is -0.0686. The van der Waals surface area contributed by atoms with Crippen LogP contribution in [0, 0.1) is 0 Å². The van der Waals surface area contributed by atoms with Crippen molar-refractivity contribution in [1.29, 1.82) is 0 Å². The largest absolute Gasteiger partial charge is 0.481 e. The van der Waals surface area contributed by atoms with Gasteiger partial charge >= 0.3 is 5.97 Å². The van der Waals surface area contributed by atoms with Crippen molar-refractivity contribution in [2.75, 3.05) is 10.5 Å². The van der Waals surface area contributed by atoms with Gasteiger partial charge < -0.3 is 5.11 Å². The number of sulfonamides is 1. The first kappa shape index (κ1) is 12.5. The van der Waals surface area contributed by atoms with Gasteiger partial charge in [-0.2, -0.15) is 0 Å². The quantitative estimate of drug-likeness (QED) is 0.810. The first-order valence-corrected chi connectivity index (χ1v) is 6.39. The van der Waals surface area contributed by atoms with Crippen molar-refractivity contribution in [2.45, 2.75) is 13.3 Å². The highest BCUT2D eigenvalue weighted by Gasteiger charge is 2.06. The Balaban J connectivity index is 2.76. The van der Waals surface area contributed by atoms with Gasteiger partial charge in [-0.3, -0.25) is 9.52 Å². The molecule has 0 saturated carbocycles. The van der Waals surface area contributed by atoms with Crippen molar-refractivity contribution in [3.63, 3.8) is 0 Å². The number of hydrogen-bond acceptors (Lipinski definition) is 3. The van der Waals surface area contributed by atoms with Gasteiger partial charge in [0.05, 0.1) is 12.2 Å². The molecule has 88 valence electrons. The molecule has 0 amide bonds. The Bertz CT molecular complexity index is 464. The van der Waals surface area contributed by atoms with E-state index in [1.54, 1.807) is 31.2 Å². The van der Waals surface area contributed by atoms with E-state index in [1.807, 2.05) is 0 Å². The molecule has 1 rings (SSSR count). The molecule has 0 atom stereocenters. The zero-order valence-electron chi connectivity index (χ0n) is 8.80. The molecule has 0 heterocycles. The number of hydrogen-bond donors (Lipinski definition) is 2. The Kier molecular flexibility index (Phi) is 3.89. The molecule has 1 aromatic carbocycles. The highest BCUT2D eigenvalue weighted by molar-refractivity contribution is 7.92. The zero-order chi connectivity index (χ0) is 12.2. The van der Waals surface area contributed by atoms with Gasteiger partial charge in [-0.1, -0.05) is 12.1 Å². The maximum atomic E-state index is 11.2. The molecular formula is C10H13NO4S. The average Bonchev–Trinajstić information content (AvgIpc) is 2.20. The van der Waals surface area contributed by atoms with Crippen LogP contribution in [0.15, 0.2) is 24.3 Å². The fourth-order valence-electron chi connectivity index (χ4n) is 1.12. The Hall–Kier alpha value is -1.56. The van der Waals surface area contributed by atoms with Crippen molar-refractivity contribution in [2.24, 2.45) is 0 Å². The number of anilines is 1. The lowest BCUT2D eigenvalue weighted by Gasteiger charge is -2.06. The summed E-state index contributed by atoms with van der Waals surface area (Å²) in [5.74, 6) is -0.911. The second kappa shape index (κ2) is 4.98. The standard InChI is InChI=1S/C10H13NO4S/c1-2-16(14,15)11-9-5-3-8(4-6-9)7-10(12)13/h3-6,11H,2,7H2,1H3,(H,12,13). The topological polar surface area (TPSA) is 83.5 Å². The Morgan fingerprint density at radius 3 is 2.31 bits per heavy atom. The Morgan fingerprint density at radius 1 is 1.31 bits per heavy atom. The number of carbonyl (C=O) groups is 1. The third kappa shape index (κ3) is 3.90. The lowest BCUT2D eigenvalue weighted by Crippen LogP contribution is -2.14. The van der Waals surface area contributed by atoms with Gasteiger partial charge in [0.2, 0.25) is 10.0 Å². The smallest absolute Gasteiger partial charge is 0.307 e. The van der Waals surface area contributed by atoms with Crippen LogP contribution in [0.1, 0.15) is 12.5 Å². The third-order valence-corrected chi connectivity index (χ3v) is 3.27. The summed E-state index contributed by atoms with van der Waals surface area (Å²) in [4.78, 5) is 10.4. The van der Waals surface area contributed by atoms with Crippen molar-refractivity contribution < 1.29 is 18.3 Å². The summed E-state index contributed by atoms with van der Waals surface area (Å²) < 4.78 is 24.8. The second-order valence-corrected chi connectivity index (χ2v) is 5.28. The fourth-order valence-corrected chi connectivity index (χ4v) is 1.76. The van der Waals surface area contributed by atoms with Crippen molar-refractivity contribution in [1.82, 2.24) is 0 Å². The van der Waals surface area contributed by atoms with Gasteiger partial charge in [0, 0.05) is 5.69 Å². The van der Waals surface area contributed by atoms with Crippen molar-refractivity contribution in [3.8, 4) is 0 Å². The molecule has 1 aromatic rings. The highest BCUT2D eigenvalue weighted by atomic mass is 32.2. The predicted molar refractivity (Wildman–Crippen MR) is 60.9 cm³/mol. The predicted octanol–water partition coefficient (Wildman–Crippen LogP) is 1.08. The van der Waals surface area contributed by atoms with Gasteiger partial charge in [-0.05, 0) is 24.6 Å².